The number of ketones is 2. The van der Waals surface area contributed by atoms with Crippen molar-refractivity contribution in [3.05, 3.63) is 64.5 Å². The molecule has 0 saturated carbocycles. The molecule has 0 fully saturated rings. The summed E-state index contributed by atoms with van der Waals surface area (Å²) in [6.45, 7) is 1.53. The third-order valence-electron chi connectivity index (χ3n) is 4.12. The number of nitrogens with zero attached hydrogens (tertiary/aromatic N) is 1. The van der Waals surface area contributed by atoms with Crippen LogP contribution in [0.1, 0.15) is 38.3 Å². The molecule has 0 heterocycles. The Morgan fingerprint density at radius 3 is 2.21 bits per heavy atom. The molecular formula is C19H19FN2O2. The Morgan fingerprint density at radius 1 is 0.958 bits per heavy atom. The number of hydrogen-bond acceptors (Lipinski definition) is 4. The van der Waals surface area contributed by atoms with Crippen molar-refractivity contribution in [2.24, 2.45) is 0 Å². The molecule has 0 atom stereocenters. The fourth-order valence-electron chi connectivity index (χ4n) is 2.95. The van der Waals surface area contributed by atoms with E-state index < -0.39 is 11.6 Å². The zero-order valence-electron chi connectivity index (χ0n) is 13.7. The number of hydrogen-bond donors (Lipinski definition) is 1. The van der Waals surface area contributed by atoms with Crippen LogP contribution in [0.3, 0.4) is 0 Å². The Balaban J connectivity index is 1.98. The number of fused-ring (bicyclic) bond motifs is 2. The van der Waals surface area contributed by atoms with Crippen LogP contribution < -0.4 is 5.32 Å². The molecule has 3 rings (SSSR count). The van der Waals surface area contributed by atoms with E-state index in [2.05, 4.69) is 10.2 Å². The Labute approximate surface area is 140 Å². The molecule has 1 aliphatic carbocycles. The number of benzene rings is 2. The normalized spacial score (nSPS) is 13.0. The first-order valence-corrected chi connectivity index (χ1v) is 7.90. The van der Waals surface area contributed by atoms with Crippen LogP contribution in [0, 0.1) is 5.82 Å². The molecule has 0 spiro atoms. The minimum Gasteiger partial charge on any atom is -0.384 e. The summed E-state index contributed by atoms with van der Waals surface area (Å²) in [4.78, 5) is 27.5. The molecule has 0 saturated heterocycles. The molecule has 24 heavy (non-hydrogen) atoms. The Morgan fingerprint density at radius 2 is 1.58 bits per heavy atom. The zero-order valence-corrected chi connectivity index (χ0v) is 13.7. The quantitative estimate of drug-likeness (QED) is 0.733. The van der Waals surface area contributed by atoms with Crippen LogP contribution in [-0.4, -0.2) is 43.7 Å². The summed E-state index contributed by atoms with van der Waals surface area (Å²) in [5, 5.41) is 3.17. The van der Waals surface area contributed by atoms with E-state index in [-0.39, 0.29) is 22.5 Å². The molecule has 2 aromatic rings. The van der Waals surface area contributed by atoms with Crippen LogP contribution in [-0.2, 0) is 0 Å². The molecule has 124 valence electrons. The van der Waals surface area contributed by atoms with E-state index in [9.17, 15) is 14.0 Å². The van der Waals surface area contributed by atoms with E-state index in [1.807, 2.05) is 14.1 Å². The third kappa shape index (κ3) is 2.83. The molecule has 1 aliphatic rings. The minimum atomic E-state index is -0.656. The molecule has 0 aliphatic heterocycles. The monoisotopic (exact) mass is 326 g/mol. The average Bonchev–Trinajstić information content (AvgIpc) is 2.57. The molecule has 2 aromatic carbocycles. The maximum atomic E-state index is 14.3. The van der Waals surface area contributed by atoms with Crippen molar-refractivity contribution in [2.45, 2.75) is 6.42 Å². The van der Waals surface area contributed by atoms with Gasteiger partial charge in [-0.2, -0.15) is 0 Å². The van der Waals surface area contributed by atoms with Gasteiger partial charge in [-0.05, 0) is 39.2 Å². The molecule has 4 nitrogen and oxygen atoms in total. The molecule has 0 aromatic heterocycles. The van der Waals surface area contributed by atoms with Crippen LogP contribution in [0.4, 0.5) is 10.1 Å². The van der Waals surface area contributed by atoms with Crippen molar-refractivity contribution < 1.29 is 14.0 Å². The molecule has 0 bridgehead atoms. The summed E-state index contributed by atoms with van der Waals surface area (Å²) < 4.78 is 14.3. The van der Waals surface area contributed by atoms with E-state index in [1.165, 1.54) is 12.1 Å². The highest BCUT2D eigenvalue weighted by Crippen LogP contribution is 2.33. The zero-order chi connectivity index (χ0) is 17.3. The van der Waals surface area contributed by atoms with E-state index in [4.69, 9.17) is 0 Å². The van der Waals surface area contributed by atoms with Gasteiger partial charge in [0.15, 0.2) is 11.6 Å². The first kappa shape index (κ1) is 16.3. The number of carbonyl (C=O) groups excluding carboxylic acids is 2. The van der Waals surface area contributed by atoms with Crippen LogP contribution in [0.5, 0.6) is 0 Å². The van der Waals surface area contributed by atoms with Crippen molar-refractivity contribution in [2.75, 3.05) is 32.5 Å². The lowest BCUT2D eigenvalue weighted by atomic mass is 9.83. The lowest BCUT2D eigenvalue weighted by Crippen LogP contribution is -2.24. The molecule has 0 unspecified atom stereocenters. The first-order chi connectivity index (χ1) is 11.5. The van der Waals surface area contributed by atoms with E-state index in [0.29, 0.717) is 17.8 Å². The van der Waals surface area contributed by atoms with E-state index >= 15 is 0 Å². The first-order valence-electron chi connectivity index (χ1n) is 7.90. The minimum absolute atomic E-state index is 0.128. The summed E-state index contributed by atoms with van der Waals surface area (Å²) in [6.07, 6.45) is 0.873. The van der Waals surface area contributed by atoms with Crippen molar-refractivity contribution in [1.82, 2.24) is 4.90 Å². The largest absolute Gasteiger partial charge is 0.384 e. The topological polar surface area (TPSA) is 49.4 Å². The second kappa shape index (κ2) is 6.53. The molecular weight excluding hydrogens is 307 g/mol. The number of anilines is 1. The second-order valence-electron chi connectivity index (χ2n) is 6.13. The summed E-state index contributed by atoms with van der Waals surface area (Å²) in [7, 11) is 3.97. The summed E-state index contributed by atoms with van der Waals surface area (Å²) in [6, 6.07) is 9.33. The van der Waals surface area contributed by atoms with Crippen LogP contribution in [0.25, 0.3) is 0 Å². The predicted molar refractivity (Wildman–Crippen MR) is 91.4 cm³/mol. The SMILES string of the molecule is CN(C)CCCNc1ccc(F)c2c1C(=O)c1ccccc1C2=O. The summed E-state index contributed by atoms with van der Waals surface area (Å²) >= 11 is 0. The highest BCUT2D eigenvalue weighted by atomic mass is 19.1. The van der Waals surface area contributed by atoms with Gasteiger partial charge in [-0.3, -0.25) is 9.59 Å². The van der Waals surface area contributed by atoms with Gasteiger partial charge >= 0.3 is 0 Å². The van der Waals surface area contributed by atoms with Crippen molar-refractivity contribution in [3.63, 3.8) is 0 Å². The lowest BCUT2D eigenvalue weighted by Gasteiger charge is -2.21. The maximum Gasteiger partial charge on any atom is 0.197 e. The van der Waals surface area contributed by atoms with Crippen molar-refractivity contribution >= 4 is 17.3 Å². The second-order valence-corrected chi connectivity index (χ2v) is 6.13. The predicted octanol–water partition coefficient (Wildman–Crippen LogP) is 2.96. The van der Waals surface area contributed by atoms with Gasteiger partial charge in [-0.1, -0.05) is 24.3 Å². The van der Waals surface area contributed by atoms with Gasteiger partial charge in [-0.15, -0.1) is 0 Å². The molecule has 1 N–H and O–H groups in total. The fraction of sp³-hybridized carbons (Fsp3) is 0.263. The van der Waals surface area contributed by atoms with E-state index in [1.54, 1.807) is 24.3 Å². The summed E-state index contributed by atoms with van der Waals surface area (Å²) in [5.74, 6) is -1.40. The smallest absolute Gasteiger partial charge is 0.197 e. The maximum absolute atomic E-state index is 14.3. The molecule has 5 heteroatoms. The van der Waals surface area contributed by atoms with Crippen LogP contribution in [0.2, 0.25) is 0 Å². The van der Waals surface area contributed by atoms with Gasteiger partial charge in [0.1, 0.15) is 5.82 Å². The van der Waals surface area contributed by atoms with Gasteiger partial charge in [0.05, 0.1) is 11.1 Å². The number of halogens is 1. The molecule has 0 radical (unpaired) electrons. The molecule has 0 amide bonds. The summed E-state index contributed by atoms with van der Waals surface area (Å²) in [5.41, 5.74) is 1.12. The lowest BCUT2D eigenvalue weighted by molar-refractivity contribution is 0.0976. The third-order valence-corrected chi connectivity index (χ3v) is 4.12. The number of carbonyl (C=O) groups is 2. The fourth-order valence-corrected chi connectivity index (χ4v) is 2.95. The standard InChI is InChI=1S/C19H19FN2O2/c1-22(2)11-5-10-21-15-9-8-14(20)16-17(15)19(24)13-7-4-3-6-12(13)18(16)23/h3-4,6-9,21H,5,10-11H2,1-2H3. The average molecular weight is 326 g/mol. The number of rotatable bonds is 5. The number of nitrogens with one attached hydrogen (secondary N) is 1. The van der Waals surface area contributed by atoms with Gasteiger partial charge in [0.2, 0.25) is 0 Å². The van der Waals surface area contributed by atoms with Gasteiger partial charge in [0.25, 0.3) is 0 Å². The Bertz CT molecular complexity index is 815. The van der Waals surface area contributed by atoms with Gasteiger partial charge in [0, 0.05) is 23.4 Å². The highest BCUT2D eigenvalue weighted by Gasteiger charge is 2.33. The van der Waals surface area contributed by atoms with Crippen molar-refractivity contribution in [3.8, 4) is 0 Å². The van der Waals surface area contributed by atoms with Gasteiger partial charge < -0.3 is 10.2 Å². The van der Waals surface area contributed by atoms with Gasteiger partial charge in [-0.25, -0.2) is 4.39 Å². The van der Waals surface area contributed by atoms with Crippen LogP contribution >= 0.6 is 0 Å². The Kier molecular flexibility index (Phi) is 4.44. The Hall–Kier alpha value is -2.53. The van der Waals surface area contributed by atoms with E-state index in [0.717, 1.165) is 13.0 Å². The van der Waals surface area contributed by atoms with Crippen LogP contribution in [0.15, 0.2) is 36.4 Å². The highest BCUT2D eigenvalue weighted by molar-refractivity contribution is 6.30. The van der Waals surface area contributed by atoms with Crippen molar-refractivity contribution in [1.29, 1.82) is 0 Å².